The fourth-order valence-corrected chi connectivity index (χ4v) is 3.00. The van der Waals surface area contributed by atoms with Gasteiger partial charge >= 0.3 is 6.18 Å². The molecule has 5 nitrogen and oxygen atoms in total. The number of rotatable bonds is 3. The quantitative estimate of drug-likeness (QED) is 0.849. The number of hydrogen-bond donors (Lipinski definition) is 0. The first-order valence-electron chi connectivity index (χ1n) is 8.07. The van der Waals surface area contributed by atoms with Gasteiger partial charge in [-0.15, -0.1) is 0 Å². The molecule has 1 saturated heterocycles. The van der Waals surface area contributed by atoms with Crippen LogP contribution in [0.3, 0.4) is 0 Å². The summed E-state index contributed by atoms with van der Waals surface area (Å²) in [6.07, 6.45) is -3.03. The molecular weight excluding hydrogens is 335 g/mol. The number of alkyl halides is 3. The minimum Gasteiger partial charge on any atom is -0.342 e. The topological polar surface area (TPSA) is 59.2 Å². The highest BCUT2D eigenvalue weighted by Gasteiger charge is 2.31. The normalized spacial score (nSPS) is 16.2. The number of aromatic nitrogens is 2. The number of carbonyl (C=O) groups excluding carboxylic acids is 1. The predicted octanol–water partition coefficient (Wildman–Crippen LogP) is 3.35. The molecule has 2 aromatic rings. The van der Waals surface area contributed by atoms with Crippen LogP contribution in [-0.4, -0.2) is 34.0 Å². The third kappa shape index (κ3) is 4.18. The Morgan fingerprint density at radius 3 is 2.64 bits per heavy atom. The molecule has 0 bridgehead atoms. The number of likely N-dealkylation sites (tertiary alicyclic amines) is 1. The van der Waals surface area contributed by atoms with Gasteiger partial charge in [0.2, 0.25) is 11.8 Å². The summed E-state index contributed by atoms with van der Waals surface area (Å²) in [6.45, 7) is 2.81. The third-order valence-electron chi connectivity index (χ3n) is 4.35. The van der Waals surface area contributed by atoms with Crippen LogP contribution < -0.4 is 0 Å². The monoisotopic (exact) mass is 353 g/mol. The molecule has 3 rings (SSSR count). The Hall–Kier alpha value is -2.38. The number of carbonyl (C=O) groups is 1. The zero-order valence-electron chi connectivity index (χ0n) is 13.7. The van der Waals surface area contributed by atoms with Crippen LogP contribution in [0.5, 0.6) is 0 Å². The number of amides is 1. The molecule has 8 heteroatoms. The van der Waals surface area contributed by atoms with Crippen molar-refractivity contribution in [1.29, 1.82) is 0 Å². The molecule has 25 heavy (non-hydrogen) atoms. The Balaban J connectivity index is 1.58. The molecule has 1 aliphatic rings. The van der Waals surface area contributed by atoms with Crippen LogP contribution in [0.25, 0.3) is 0 Å². The zero-order valence-corrected chi connectivity index (χ0v) is 13.7. The first-order chi connectivity index (χ1) is 11.8. The molecule has 0 spiro atoms. The van der Waals surface area contributed by atoms with E-state index in [9.17, 15) is 18.0 Å². The van der Waals surface area contributed by atoms with Crippen LogP contribution in [-0.2, 0) is 17.4 Å². The van der Waals surface area contributed by atoms with Gasteiger partial charge in [-0.25, -0.2) is 0 Å². The van der Waals surface area contributed by atoms with Crippen LogP contribution in [0.2, 0.25) is 0 Å². The van der Waals surface area contributed by atoms with E-state index in [1.165, 1.54) is 6.07 Å². The SMILES string of the molecule is Cc1noc(C2CCN(C(=O)Cc3cccc(C(F)(F)F)c3)CC2)n1. The van der Waals surface area contributed by atoms with Gasteiger partial charge in [-0.05, 0) is 31.4 Å². The standard InChI is InChI=1S/C17H18F3N3O2/c1-11-21-16(25-22-11)13-5-7-23(8-6-13)15(24)10-12-3-2-4-14(9-12)17(18,19)20/h2-4,9,13H,5-8,10H2,1H3. The van der Waals surface area contributed by atoms with E-state index in [0.717, 1.165) is 12.1 Å². The van der Waals surface area contributed by atoms with Crippen LogP contribution >= 0.6 is 0 Å². The van der Waals surface area contributed by atoms with Gasteiger partial charge in [0.15, 0.2) is 5.82 Å². The Labute approximate surface area is 142 Å². The Kier molecular flexibility index (Phi) is 4.78. The van der Waals surface area contributed by atoms with Gasteiger partial charge < -0.3 is 9.42 Å². The second-order valence-electron chi connectivity index (χ2n) is 6.21. The van der Waals surface area contributed by atoms with Crippen molar-refractivity contribution >= 4 is 5.91 Å². The molecule has 1 aliphatic heterocycles. The van der Waals surface area contributed by atoms with Gasteiger partial charge in [0.05, 0.1) is 12.0 Å². The number of benzene rings is 1. The highest BCUT2D eigenvalue weighted by Crippen LogP contribution is 2.30. The molecule has 134 valence electrons. The fraction of sp³-hybridized carbons (Fsp3) is 0.471. The van der Waals surface area contributed by atoms with E-state index in [2.05, 4.69) is 10.1 Å². The van der Waals surface area contributed by atoms with Crippen LogP contribution in [0, 0.1) is 6.92 Å². The molecule has 0 saturated carbocycles. The van der Waals surface area contributed by atoms with Gasteiger partial charge in [-0.2, -0.15) is 18.2 Å². The second-order valence-corrected chi connectivity index (χ2v) is 6.21. The minimum atomic E-state index is -4.40. The molecule has 0 aliphatic carbocycles. The summed E-state index contributed by atoms with van der Waals surface area (Å²) in [5.41, 5.74) is -0.363. The highest BCUT2D eigenvalue weighted by atomic mass is 19.4. The van der Waals surface area contributed by atoms with Crippen molar-refractivity contribution < 1.29 is 22.5 Å². The van der Waals surface area contributed by atoms with E-state index in [1.807, 2.05) is 0 Å². The van der Waals surface area contributed by atoms with Crippen molar-refractivity contribution in [2.45, 2.75) is 38.3 Å². The molecule has 0 radical (unpaired) electrons. The maximum absolute atomic E-state index is 12.8. The summed E-state index contributed by atoms with van der Waals surface area (Å²) in [4.78, 5) is 18.3. The zero-order chi connectivity index (χ0) is 18.0. The molecule has 2 heterocycles. The van der Waals surface area contributed by atoms with Gasteiger partial charge in [-0.1, -0.05) is 23.4 Å². The first kappa shape index (κ1) is 17.4. The van der Waals surface area contributed by atoms with Crippen LogP contribution in [0.4, 0.5) is 13.2 Å². The lowest BCUT2D eigenvalue weighted by molar-refractivity contribution is -0.138. The smallest absolute Gasteiger partial charge is 0.342 e. The Morgan fingerprint density at radius 1 is 1.32 bits per heavy atom. The number of nitrogens with zero attached hydrogens (tertiary/aromatic N) is 3. The van der Waals surface area contributed by atoms with E-state index in [-0.39, 0.29) is 18.2 Å². The van der Waals surface area contributed by atoms with E-state index in [4.69, 9.17) is 4.52 Å². The van der Waals surface area contributed by atoms with Crippen LogP contribution in [0.1, 0.15) is 41.6 Å². The number of hydrogen-bond acceptors (Lipinski definition) is 4. The molecule has 0 N–H and O–H groups in total. The van der Waals surface area contributed by atoms with Gasteiger partial charge in [0.25, 0.3) is 0 Å². The molecule has 0 atom stereocenters. The average molecular weight is 353 g/mol. The van der Waals surface area contributed by atoms with Crippen molar-refractivity contribution in [1.82, 2.24) is 15.0 Å². The summed E-state index contributed by atoms with van der Waals surface area (Å²) < 4.78 is 43.4. The van der Waals surface area contributed by atoms with Crippen molar-refractivity contribution in [2.24, 2.45) is 0 Å². The summed E-state index contributed by atoms with van der Waals surface area (Å²) in [7, 11) is 0. The van der Waals surface area contributed by atoms with Crippen molar-refractivity contribution in [2.75, 3.05) is 13.1 Å². The van der Waals surface area contributed by atoms with Crippen LogP contribution in [0.15, 0.2) is 28.8 Å². The molecular formula is C17H18F3N3O2. The summed E-state index contributed by atoms with van der Waals surface area (Å²) in [5.74, 6) is 1.12. The Morgan fingerprint density at radius 2 is 2.04 bits per heavy atom. The van der Waals surface area contributed by atoms with Gasteiger partial charge in [0.1, 0.15) is 0 Å². The average Bonchev–Trinajstić information content (AvgIpc) is 3.01. The lowest BCUT2D eigenvalue weighted by Crippen LogP contribution is -2.38. The van der Waals surface area contributed by atoms with Crippen molar-refractivity contribution in [3.8, 4) is 0 Å². The van der Waals surface area contributed by atoms with E-state index in [1.54, 1.807) is 17.9 Å². The van der Waals surface area contributed by atoms with Crippen molar-refractivity contribution in [3.63, 3.8) is 0 Å². The number of piperidine rings is 1. The Bertz CT molecular complexity index is 750. The van der Waals surface area contributed by atoms with Crippen molar-refractivity contribution in [3.05, 3.63) is 47.1 Å². The first-order valence-corrected chi connectivity index (χ1v) is 8.07. The highest BCUT2D eigenvalue weighted by molar-refractivity contribution is 5.79. The number of aryl methyl sites for hydroxylation is 1. The third-order valence-corrected chi connectivity index (χ3v) is 4.35. The molecule has 1 aromatic heterocycles. The summed E-state index contributed by atoms with van der Waals surface area (Å²) in [5, 5.41) is 3.77. The van der Waals surface area contributed by atoms with E-state index in [0.29, 0.717) is 43.2 Å². The van der Waals surface area contributed by atoms with E-state index >= 15 is 0 Å². The fourth-order valence-electron chi connectivity index (χ4n) is 3.00. The maximum atomic E-state index is 12.8. The molecule has 1 amide bonds. The molecule has 0 unspecified atom stereocenters. The maximum Gasteiger partial charge on any atom is 0.416 e. The molecule has 1 aromatic carbocycles. The second kappa shape index (κ2) is 6.85. The summed E-state index contributed by atoms with van der Waals surface area (Å²) in [6, 6.07) is 4.91. The predicted molar refractivity (Wildman–Crippen MR) is 82.7 cm³/mol. The lowest BCUT2D eigenvalue weighted by Gasteiger charge is -2.30. The lowest BCUT2D eigenvalue weighted by atomic mass is 9.96. The summed E-state index contributed by atoms with van der Waals surface area (Å²) >= 11 is 0. The molecule has 1 fully saturated rings. The van der Waals surface area contributed by atoms with Gasteiger partial charge in [0, 0.05) is 19.0 Å². The number of halogens is 3. The minimum absolute atomic E-state index is 0.0335. The largest absolute Gasteiger partial charge is 0.416 e. The van der Waals surface area contributed by atoms with Gasteiger partial charge in [-0.3, -0.25) is 4.79 Å². The van der Waals surface area contributed by atoms with E-state index < -0.39 is 11.7 Å².